The summed E-state index contributed by atoms with van der Waals surface area (Å²) in [5.41, 5.74) is -0.223. The van der Waals surface area contributed by atoms with Gasteiger partial charge in [-0.1, -0.05) is 20.8 Å². The van der Waals surface area contributed by atoms with E-state index in [0.717, 1.165) is 6.07 Å². The van der Waals surface area contributed by atoms with Crippen molar-refractivity contribution in [3.63, 3.8) is 0 Å². The Bertz CT molecular complexity index is 764. The molecule has 6 nitrogen and oxygen atoms in total. The smallest absolute Gasteiger partial charge is 0.441 e. The van der Waals surface area contributed by atoms with Crippen molar-refractivity contribution >= 4 is 22.8 Å². The molecule has 1 atom stereocenters. The van der Waals surface area contributed by atoms with Crippen molar-refractivity contribution in [2.24, 2.45) is 5.41 Å². The molecule has 0 radical (unpaired) electrons. The highest BCUT2D eigenvalue weighted by atomic mass is 19.1. The molecule has 0 amide bonds. The summed E-state index contributed by atoms with van der Waals surface area (Å²) >= 11 is 0. The van der Waals surface area contributed by atoms with E-state index in [1.165, 1.54) is 12.1 Å². The summed E-state index contributed by atoms with van der Waals surface area (Å²) in [6.07, 6.45) is 0.326. The van der Waals surface area contributed by atoms with E-state index in [1.54, 1.807) is 0 Å². The van der Waals surface area contributed by atoms with Gasteiger partial charge >= 0.3 is 11.7 Å². The van der Waals surface area contributed by atoms with Gasteiger partial charge in [-0.05, 0) is 24.0 Å². The van der Waals surface area contributed by atoms with Crippen LogP contribution in [0.4, 0.5) is 10.2 Å². The van der Waals surface area contributed by atoms with Crippen LogP contribution in [0, 0.1) is 11.2 Å². The third kappa shape index (κ3) is 3.81. The molecule has 22 heavy (non-hydrogen) atoms. The van der Waals surface area contributed by atoms with Crippen molar-refractivity contribution < 1.29 is 18.7 Å². The van der Waals surface area contributed by atoms with Crippen LogP contribution in [-0.4, -0.2) is 22.1 Å². The van der Waals surface area contributed by atoms with Crippen LogP contribution in [0.25, 0.3) is 11.0 Å². The molecule has 0 bridgehead atoms. The molecule has 0 aliphatic rings. The first-order valence-corrected chi connectivity index (χ1v) is 6.75. The second kappa shape index (κ2) is 5.75. The highest BCUT2D eigenvalue weighted by Crippen LogP contribution is 2.25. The van der Waals surface area contributed by atoms with E-state index in [1.807, 2.05) is 20.8 Å². The molecule has 2 N–H and O–H groups in total. The molecule has 118 valence electrons. The van der Waals surface area contributed by atoms with E-state index in [0.29, 0.717) is 11.8 Å². The van der Waals surface area contributed by atoms with E-state index >= 15 is 0 Å². The number of aromatic nitrogens is 1. The number of rotatable bonds is 4. The molecule has 0 saturated carbocycles. The van der Waals surface area contributed by atoms with Gasteiger partial charge in [0.15, 0.2) is 0 Å². The first-order chi connectivity index (χ1) is 10.2. The largest absolute Gasteiger partial charge is 0.480 e. The van der Waals surface area contributed by atoms with E-state index in [4.69, 9.17) is 4.42 Å². The van der Waals surface area contributed by atoms with Crippen LogP contribution in [0.3, 0.4) is 0 Å². The number of carboxylic acid groups (broad SMARTS) is 1. The number of benzene rings is 1. The first-order valence-electron chi connectivity index (χ1n) is 6.75. The molecule has 0 aliphatic carbocycles. The number of hydrogen-bond donors (Lipinski definition) is 2. The Kier molecular flexibility index (Phi) is 4.16. The third-order valence-electron chi connectivity index (χ3n) is 3.02. The zero-order valence-electron chi connectivity index (χ0n) is 12.5. The van der Waals surface area contributed by atoms with Crippen molar-refractivity contribution in [3.05, 3.63) is 34.6 Å². The summed E-state index contributed by atoms with van der Waals surface area (Å²) in [6, 6.07) is 2.71. The zero-order valence-corrected chi connectivity index (χ0v) is 12.5. The normalized spacial score (nSPS) is 13.1. The van der Waals surface area contributed by atoms with Gasteiger partial charge in [-0.2, -0.15) is 4.98 Å². The van der Waals surface area contributed by atoms with Gasteiger partial charge < -0.3 is 14.8 Å². The maximum absolute atomic E-state index is 13.2. The lowest BCUT2D eigenvalue weighted by atomic mass is 9.88. The van der Waals surface area contributed by atoms with Crippen molar-refractivity contribution in [2.45, 2.75) is 33.2 Å². The Labute approximate surface area is 126 Å². The quantitative estimate of drug-likeness (QED) is 0.902. The van der Waals surface area contributed by atoms with Gasteiger partial charge in [-0.3, -0.25) is 0 Å². The lowest BCUT2D eigenvalue weighted by Gasteiger charge is -2.24. The topological polar surface area (TPSA) is 92.4 Å². The van der Waals surface area contributed by atoms with E-state index in [-0.39, 0.29) is 16.8 Å². The fourth-order valence-corrected chi connectivity index (χ4v) is 2.13. The van der Waals surface area contributed by atoms with Crippen LogP contribution >= 0.6 is 0 Å². The number of nitrogens with zero attached hydrogens (tertiary/aromatic N) is 1. The number of carbonyl (C=O) groups is 1. The highest BCUT2D eigenvalue weighted by molar-refractivity contribution is 5.89. The molecule has 7 heteroatoms. The van der Waals surface area contributed by atoms with Gasteiger partial charge in [0, 0.05) is 6.07 Å². The van der Waals surface area contributed by atoms with Gasteiger partial charge in [0.05, 0.1) is 5.39 Å². The Morgan fingerprint density at radius 2 is 2.14 bits per heavy atom. The number of anilines is 1. The highest BCUT2D eigenvalue weighted by Gasteiger charge is 2.25. The molecular weight excluding hydrogens is 291 g/mol. The number of hydrogen-bond acceptors (Lipinski definition) is 5. The monoisotopic (exact) mass is 308 g/mol. The number of halogens is 1. The predicted octanol–water partition coefficient (Wildman–Crippen LogP) is 2.63. The van der Waals surface area contributed by atoms with E-state index in [2.05, 4.69) is 10.3 Å². The summed E-state index contributed by atoms with van der Waals surface area (Å²) in [7, 11) is 0. The molecule has 1 unspecified atom stereocenters. The molecule has 1 aromatic heterocycles. The van der Waals surface area contributed by atoms with Gasteiger partial charge in [-0.15, -0.1) is 0 Å². The summed E-state index contributed by atoms with van der Waals surface area (Å²) in [5, 5.41) is 12.4. The molecule has 0 aliphatic heterocycles. The second-order valence-electron chi connectivity index (χ2n) is 6.27. The average Bonchev–Trinajstić information content (AvgIpc) is 2.35. The lowest BCUT2D eigenvalue weighted by molar-refractivity contribution is -0.138. The van der Waals surface area contributed by atoms with Crippen LogP contribution in [0.1, 0.15) is 27.2 Å². The van der Waals surface area contributed by atoms with Gasteiger partial charge in [0.25, 0.3) is 0 Å². The van der Waals surface area contributed by atoms with Crippen molar-refractivity contribution in [3.8, 4) is 0 Å². The van der Waals surface area contributed by atoms with E-state index in [9.17, 15) is 19.1 Å². The Morgan fingerprint density at radius 1 is 1.45 bits per heavy atom. The fourth-order valence-electron chi connectivity index (χ4n) is 2.13. The summed E-state index contributed by atoms with van der Waals surface area (Å²) in [6.45, 7) is 5.72. The first kappa shape index (κ1) is 15.9. The number of aliphatic carboxylic acids is 1. The molecule has 1 aromatic carbocycles. The van der Waals surface area contributed by atoms with Crippen molar-refractivity contribution in [1.29, 1.82) is 0 Å². The maximum Gasteiger partial charge on any atom is 0.441 e. The van der Waals surface area contributed by atoms with Crippen LogP contribution < -0.4 is 11.1 Å². The Hall–Kier alpha value is -2.44. The van der Waals surface area contributed by atoms with Crippen LogP contribution in [-0.2, 0) is 4.79 Å². The fraction of sp³-hybridized carbons (Fsp3) is 0.400. The number of fused-ring (bicyclic) bond motifs is 1. The minimum atomic E-state index is -1.06. The minimum absolute atomic E-state index is 0.0161. The van der Waals surface area contributed by atoms with E-state index < -0.39 is 23.6 Å². The van der Waals surface area contributed by atoms with Crippen LogP contribution in [0.15, 0.2) is 27.4 Å². The number of nitrogens with one attached hydrogen (secondary N) is 1. The van der Waals surface area contributed by atoms with Crippen molar-refractivity contribution in [1.82, 2.24) is 4.98 Å². The Balaban J connectivity index is 2.45. The molecular formula is C15H17FN2O4. The SMILES string of the molecule is CC(C)(C)CC(Nc1nc(=O)oc2cc(F)ccc12)C(=O)O. The molecule has 1 heterocycles. The summed E-state index contributed by atoms with van der Waals surface area (Å²) in [5.74, 6) is -2.46. The van der Waals surface area contributed by atoms with Gasteiger partial charge in [0.2, 0.25) is 0 Å². The van der Waals surface area contributed by atoms with Gasteiger partial charge in [-0.25, -0.2) is 14.0 Å². The van der Waals surface area contributed by atoms with Crippen LogP contribution in [0.2, 0.25) is 0 Å². The Morgan fingerprint density at radius 3 is 2.73 bits per heavy atom. The van der Waals surface area contributed by atoms with Crippen LogP contribution in [0.5, 0.6) is 0 Å². The third-order valence-corrected chi connectivity index (χ3v) is 3.02. The number of carboxylic acids is 1. The van der Waals surface area contributed by atoms with Gasteiger partial charge in [0.1, 0.15) is 23.3 Å². The molecule has 2 rings (SSSR count). The molecule has 0 fully saturated rings. The summed E-state index contributed by atoms with van der Waals surface area (Å²) in [4.78, 5) is 26.5. The lowest BCUT2D eigenvalue weighted by Crippen LogP contribution is -2.34. The minimum Gasteiger partial charge on any atom is -0.480 e. The maximum atomic E-state index is 13.2. The average molecular weight is 308 g/mol. The summed E-state index contributed by atoms with van der Waals surface area (Å²) < 4.78 is 18.0. The molecule has 0 spiro atoms. The second-order valence-corrected chi connectivity index (χ2v) is 6.27. The zero-order chi connectivity index (χ0) is 16.5. The van der Waals surface area contributed by atoms with Crippen molar-refractivity contribution in [2.75, 3.05) is 5.32 Å². The predicted molar refractivity (Wildman–Crippen MR) is 79.4 cm³/mol. The molecule has 2 aromatic rings. The standard InChI is InChI=1S/C15H17FN2O4/c1-15(2,3)7-10(13(19)20)17-12-9-5-4-8(16)6-11(9)22-14(21)18-12/h4-6,10H,7H2,1-3H3,(H,19,20)(H,17,18,21). The molecule has 0 saturated heterocycles.